The van der Waals surface area contributed by atoms with Crippen LogP contribution < -0.4 is 16.0 Å². The van der Waals surface area contributed by atoms with Gasteiger partial charge in [-0.1, -0.05) is 42.5 Å². The number of hydrogen-bond donors (Lipinski definition) is 3. The smallest absolute Gasteiger partial charge is 0.346 e. The van der Waals surface area contributed by atoms with E-state index in [0.717, 1.165) is 5.32 Å². The van der Waals surface area contributed by atoms with E-state index < -0.39 is 48.1 Å². The molecule has 12 heteroatoms. The van der Waals surface area contributed by atoms with E-state index in [4.69, 9.17) is 0 Å². The van der Waals surface area contributed by atoms with E-state index in [9.17, 15) is 40.7 Å². The van der Waals surface area contributed by atoms with Gasteiger partial charge in [-0.15, -0.1) is 0 Å². The first-order valence-corrected chi connectivity index (χ1v) is 9.47. The highest BCUT2D eigenvalue weighted by atomic mass is 19.4. The van der Waals surface area contributed by atoms with E-state index in [1.54, 1.807) is 42.5 Å². The summed E-state index contributed by atoms with van der Waals surface area (Å²) in [5, 5.41) is 5.72. The third-order valence-corrected chi connectivity index (χ3v) is 5.02. The molecule has 0 saturated carbocycles. The topological polar surface area (TPSA) is 87.3 Å². The lowest BCUT2D eigenvalue weighted by Gasteiger charge is -2.25. The van der Waals surface area contributed by atoms with Gasteiger partial charge in [-0.25, -0.2) is 4.39 Å². The highest BCUT2D eigenvalue weighted by molar-refractivity contribution is 6.10. The lowest BCUT2D eigenvalue weighted by Crippen LogP contribution is -2.56. The summed E-state index contributed by atoms with van der Waals surface area (Å²) in [5.74, 6) is -9.83. The molecule has 0 saturated heterocycles. The van der Waals surface area contributed by atoms with E-state index in [-0.39, 0.29) is 5.56 Å². The number of para-hydroxylation sites is 1. The summed E-state index contributed by atoms with van der Waals surface area (Å²) in [6, 6.07) is 11.5. The van der Waals surface area contributed by atoms with Crippen molar-refractivity contribution in [2.45, 2.75) is 30.7 Å². The fourth-order valence-corrected chi connectivity index (χ4v) is 3.14. The van der Waals surface area contributed by atoms with Gasteiger partial charge in [0.15, 0.2) is 0 Å². The molecule has 2 atom stereocenters. The number of carbonyl (C=O) groups excluding carboxylic acids is 3. The van der Waals surface area contributed by atoms with Crippen molar-refractivity contribution in [3.8, 4) is 11.1 Å². The molecule has 6 nitrogen and oxygen atoms in total. The highest BCUT2D eigenvalue weighted by Gasteiger charge is 2.58. The summed E-state index contributed by atoms with van der Waals surface area (Å²) in [5.41, 5.74) is -1.77. The molecule has 176 valence electrons. The molecule has 0 aromatic heterocycles. The molecule has 0 spiro atoms. The van der Waals surface area contributed by atoms with Gasteiger partial charge in [0.05, 0.1) is 6.54 Å². The number of fused-ring (bicyclic) bond motifs is 3. The molecule has 1 aliphatic rings. The molecule has 0 radical (unpaired) electrons. The molecule has 0 bridgehead atoms. The van der Waals surface area contributed by atoms with Crippen molar-refractivity contribution in [1.82, 2.24) is 10.6 Å². The molecule has 33 heavy (non-hydrogen) atoms. The normalized spacial score (nSPS) is 17.5. The maximum absolute atomic E-state index is 14.9. The van der Waals surface area contributed by atoms with Gasteiger partial charge in [-0.2, -0.15) is 22.0 Å². The number of anilines is 1. The number of benzene rings is 2. The molecular weight excluding hydrogens is 456 g/mol. The molecule has 2 aromatic carbocycles. The van der Waals surface area contributed by atoms with Crippen LogP contribution in [0, 0.1) is 0 Å². The lowest BCUT2D eigenvalue weighted by molar-refractivity contribution is -0.278. The third kappa shape index (κ3) is 4.64. The Labute approximate surface area is 183 Å². The maximum Gasteiger partial charge on any atom is 0.455 e. The Hall–Kier alpha value is -3.57. The van der Waals surface area contributed by atoms with Crippen LogP contribution in [-0.2, 0) is 14.4 Å². The molecule has 1 heterocycles. The Balaban J connectivity index is 1.83. The quantitative estimate of drug-likeness (QED) is 0.459. The second-order valence-electron chi connectivity index (χ2n) is 7.42. The highest BCUT2D eigenvalue weighted by Crippen LogP contribution is 2.37. The van der Waals surface area contributed by atoms with Crippen molar-refractivity contribution in [3.63, 3.8) is 0 Å². The molecule has 3 rings (SSSR count). The van der Waals surface area contributed by atoms with E-state index in [1.807, 2.05) is 0 Å². The summed E-state index contributed by atoms with van der Waals surface area (Å²) >= 11 is 0. The average Bonchev–Trinajstić information content (AvgIpc) is 2.86. The minimum Gasteiger partial charge on any atom is -0.346 e. The second kappa shape index (κ2) is 8.41. The maximum atomic E-state index is 14.9. The largest absolute Gasteiger partial charge is 0.455 e. The summed E-state index contributed by atoms with van der Waals surface area (Å²) in [6.07, 6.45) is -5.98. The zero-order valence-electron chi connectivity index (χ0n) is 16.9. The monoisotopic (exact) mass is 473 g/mol. The standard InChI is InChI=1S/C21H17F6N3O3/c1-19(22,17(32)28-10-20(23,24)21(25,26)27)18(33)30-15-13-8-3-2-6-11(13)12-7-4-5-9-14(12)29-16(15)31/h2-9,15H,10H2,1H3,(H,28,32)(H,29,31)(H,30,33)/t15-,19+/m0/s1. The van der Waals surface area contributed by atoms with Gasteiger partial charge < -0.3 is 16.0 Å². The predicted molar refractivity (Wildman–Crippen MR) is 105 cm³/mol. The van der Waals surface area contributed by atoms with Crippen LogP contribution in [0.3, 0.4) is 0 Å². The fraction of sp³-hybridized carbons (Fsp3) is 0.286. The SMILES string of the molecule is C[C@@](F)(C(=O)NCC(F)(F)C(F)(F)F)C(=O)N[C@@H]1C(=O)Nc2ccccc2-c2ccccc21. The summed E-state index contributed by atoms with van der Waals surface area (Å²) in [6.45, 7) is -1.87. The molecule has 0 unspecified atom stereocenters. The molecular formula is C21H17F6N3O3. The average molecular weight is 473 g/mol. The van der Waals surface area contributed by atoms with E-state index in [0.29, 0.717) is 23.7 Å². The van der Waals surface area contributed by atoms with Gasteiger partial charge in [0.2, 0.25) is 0 Å². The van der Waals surface area contributed by atoms with Crippen molar-refractivity contribution in [1.29, 1.82) is 0 Å². The van der Waals surface area contributed by atoms with Gasteiger partial charge in [-0.3, -0.25) is 14.4 Å². The Kier molecular flexibility index (Phi) is 6.14. The summed E-state index contributed by atoms with van der Waals surface area (Å²) < 4.78 is 77.7. The van der Waals surface area contributed by atoms with Crippen molar-refractivity contribution < 1.29 is 40.7 Å². The van der Waals surface area contributed by atoms with Crippen LogP contribution in [-0.4, -0.2) is 42.0 Å². The molecule has 2 aromatic rings. The Morgan fingerprint density at radius 1 is 0.909 bits per heavy atom. The number of alkyl halides is 6. The van der Waals surface area contributed by atoms with Crippen LogP contribution in [0.25, 0.3) is 11.1 Å². The van der Waals surface area contributed by atoms with Gasteiger partial charge in [0.25, 0.3) is 23.4 Å². The second-order valence-corrected chi connectivity index (χ2v) is 7.42. The summed E-state index contributed by atoms with van der Waals surface area (Å²) in [4.78, 5) is 37.2. The molecule has 3 N–H and O–H groups in total. The van der Waals surface area contributed by atoms with Crippen LogP contribution in [0.2, 0.25) is 0 Å². The number of amides is 3. The van der Waals surface area contributed by atoms with Crippen molar-refractivity contribution >= 4 is 23.4 Å². The Morgan fingerprint density at radius 2 is 1.48 bits per heavy atom. The van der Waals surface area contributed by atoms with E-state index >= 15 is 0 Å². The van der Waals surface area contributed by atoms with Crippen LogP contribution in [0.4, 0.5) is 32.0 Å². The minimum absolute atomic E-state index is 0.258. The van der Waals surface area contributed by atoms with Gasteiger partial charge in [0, 0.05) is 11.3 Å². The molecule has 0 aliphatic carbocycles. The predicted octanol–water partition coefficient (Wildman–Crippen LogP) is 3.51. The van der Waals surface area contributed by atoms with Crippen molar-refractivity contribution in [2.75, 3.05) is 11.9 Å². The molecule has 3 amide bonds. The number of carbonyl (C=O) groups is 3. The number of nitrogens with one attached hydrogen (secondary N) is 3. The molecule has 1 aliphatic heterocycles. The first-order chi connectivity index (χ1) is 15.3. The van der Waals surface area contributed by atoms with E-state index in [1.165, 1.54) is 6.07 Å². The van der Waals surface area contributed by atoms with Crippen LogP contribution in [0.5, 0.6) is 0 Å². The van der Waals surface area contributed by atoms with Gasteiger partial charge >= 0.3 is 12.1 Å². The number of hydrogen-bond acceptors (Lipinski definition) is 3. The Morgan fingerprint density at radius 3 is 2.12 bits per heavy atom. The molecule has 0 fully saturated rings. The van der Waals surface area contributed by atoms with E-state index in [2.05, 4.69) is 10.6 Å². The number of halogens is 6. The number of rotatable bonds is 5. The van der Waals surface area contributed by atoms with Crippen molar-refractivity contribution in [2.24, 2.45) is 0 Å². The zero-order chi connectivity index (χ0) is 24.6. The fourth-order valence-electron chi connectivity index (χ4n) is 3.14. The van der Waals surface area contributed by atoms with Crippen LogP contribution in [0.1, 0.15) is 18.5 Å². The minimum atomic E-state index is -5.98. The third-order valence-electron chi connectivity index (χ3n) is 5.02. The van der Waals surface area contributed by atoms with Gasteiger partial charge in [-0.05, 0) is 24.1 Å². The first kappa shape index (κ1) is 24.1. The summed E-state index contributed by atoms with van der Waals surface area (Å²) in [7, 11) is 0. The van der Waals surface area contributed by atoms with Crippen LogP contribution in [0.15, 0.2) is 48.5 Å². The van der Waals surface area contributed by atoms with Gasteiger partial charge in [0.1, 0.15) is 6.04 Å². The Bertz CT molecular complexity index is 1100. The zero-order valence-corrected chi connectivity index (χ0v) is 16.9. The first-order valence-electron chi connectivity index (χ1n) is 9.47. The lowest BCUT2D eigenvalue weighted by atomic mass is 9.94. The van der Waals surface area contributed by atoms with Crippen LogP contribution >= 0.6 is 0 Å². The van der Waals surface area contributed by atoms with Crippen molar-refractivity contribution in [3.05, 3.63) is 54.1 Å².